The Hall–Kier alpha value is -2.57. The second-order valence-corrected chi connectivity index (χ2v) is 8.69. The van der Waals surface area contributed by atoms with Gasteiger partial charge in [-0.25, -0.2) is 4.79 Å². The highest BCUT2D eigenvalue weighted by atomic mass is 35.5. The predicted octanol–water partition coefficient (Wildman–Crippen LogP) is 4.83. The van der Waals surface area contributed by atoms with Crippen LogP contribution >= 0.6 is 11.6 Å². The van der Waals surface area contributed by atoms with Crippen LogP contribution in [0.1, 0.15) is 48.9 Å². The van der Waals surface area contributed by atoms with E-state index in [1.807, 2.05) is 6.92 Å². The van der Waals surface area contributed by atoms with Crippen LogP contribution in [-0.2, 0) is 4.74 Å². The molecule has 164 valence electrons. The maximum atomic E-state index is 12.2. The molecule has 2 N–H and O–H groups in total. The number of piperidine rings is 1. The van der Waals surface area contributed by atoms with E-state index in [4.69, 9.17) is 21.3 Å². The molecule has 0 radical (unpaired) electrons. The number of phenolic OH excluding ortho intramolecular Hbond substituents is 1. The predicted molar refractivity (Wildman–Crippen MR) is 122 cm³/mol. The number of rotatable bonds is 3. The van der Waals surface area contributed by atoms with E-state index in [2.05, 4.69) is 36.5 Å². The lowest BCUT2D eigenvalue weighted by molar-refractivity contribution is 0.0779. The summed E-state index contributed by atoms with van der Waals surface area (Å²) in [6.07, 6.45) is 1.69. The quantitative estimate of drug-likeness (QED) is 0.715. The summed E-state index contributed by atoms with van der Waals surface area (Å²) in [5, 5.41) is 14.8. The number of aliphatic imine (C=N–C) groups is 1. The van der Waals surface area contributed by atoms with E-state index < -0.39 is 5.66 Å². The first-order valence-corrected chi connectivity index (χ1v) is 11.1. The fraction of sp³-hybridized carbons (Fsp3) is 0.417. The third-order valence-corrected chi connectivity index (χ3v) is 6.29. The molecule has 31 heavy (non-hydrogen) atoms. The van der Waals surface area contributed by atoms with Gasteiger partial charge in [-0.3, -0.25) is 10.3 Å². The largest absolute Gasteiger partial charge is 0.507 e. The summed E-state index contributed by atoms with van der Waals surface area (Å²) in [5.41, 5.74) is 3.36. The SMILES string of the molecule is CCOC(=O)N1CCC2(CC1)N=C(c1cc(Cl)ccc1O)CC(c1ccc(C)cc1)N2. The van der Waals surface area contributed by atoms with Gasteiger partial charge in [0.15, 0.2) is 0 Å². The second kappa shape index (κ2) is 8.89. The number of benzene rings is 2. The van der Waals surface area contributed by atoms with Crippen molar-refractivity contribution < 1.29 is 14.6 Å². The third kappa shape index (κ3) is 4.70. The third-order valence-electron chi connectivity index (χ3n) is 6.06. The van der Waals surface area contributed by atoms with Crippen LogP contribution in [-0.4, -0.2) is 47.2 Å². The highest BCUT2D eigenvalue weighted by Crippen LogP contribution is 2.37. The number of halogens is 1. The summed E-state index contributed by atoms with van der Waals surface area (Å²) >= 11 is 6.23. The van der Waals surface area contributed by atoms with Crippen molar-refractivity contribution in [3.8, 4) is 5.75 Å². The molecule has 0 saturated carbocycles. The maximum absolute atomic E-state index is 12.2. The number of carbonyl (C=O) groups excluding carboxylic acids is 1. The van der Waals surface area contributed by atoms with E-state index in [-0.39, 0.29) is 17.9 Å². The van der Waals surface area contributed by atoms with Gasteiger partial charge in [0.05, 0.1) is 6.61 Å². The van der Waals surface area contributed by atoms with Crippen molar-refractivity contribution in [2.75, 3.05) is 19.7 Å². The topological polar surface area (TPSA) is 74.2 Å². The molecule has 1 amide bonds. The summed E-state index contributed by atoms with van der Waals surface area (Å²) in [4.78, 5) is 19.0. The number of aromatic hydroxyl groups is 1. The molecular formula is C24H28ClN3O3. The Balaban J connectivity index is 1.67. The lowest BCUT2D eigenvalue weighted by atomic mass is 9.87. The van der Waals surface area contributed by atoms with Crippen LogP contribution in [0.2, 0.25) is 5.02 Å². The summed E-state index contributed by atoms with van der Waals surface area (Å²) in [5.74, 6) is 0.173. The molecule has 2 heterocycles. The molecule has 2 aliphatic heterocycles. The average molecular weight is 442 g/mol. The first kappa shape index (κ1) is 21.7. The number of ether oxygens (including phenoxy) is 1. The van der Waals surface area contributed by atoms with Crippen molar-refractivity contribution in [3.05, 3.63) is 64.2 Å². The zero-order valence-electron chi connectivity index (χ0n) is 17.9. The highest BCUT2D eigenvalue weighted by molar-refractivity contribution is 6.31. The number of hydrogen-bond donors (Lipinski definition) is 2. The Bertz CT molecular complexity index is 982. The van der Waals surface area contributed by atoms with E-state index in [0.29, 0.717) is 49.5 Å². The van der Waals surface area contributed by atoms with Gasteiger partial charge in [-0.2, -0.15) is 0 Å². The monoisotopic (exact) mass is 441 g/mol. The summed E-state index contributed by atoms with van der Waals surface area (Å²) in [6, 6.07) is 13.6. The van der Waals surface area contributed by atoms with Gasteiger partial charge in [-0.1, -0.05) is 41.4 Å². The zero-order valence-corrected chi connectivity index (χ0v) is 18.7. The number of nitrogens with zero attached hydrogens (tertiary/aromatic N) is 2. The smallest absolute Gasteiger partial charge is 0.409 e. The number of nitrogens with one attached hydrogen (secondary N) is 1. The van der Waals surface area contributed by atoms with E-state index in [1.54, 1.807) is 23.1 Å². The van der Waals surface area contributed by atoms with Gasteiger partial charge in [-0.05, 0) is 37.6 Å². The Morgan fingerprint density at radius 1 is 1.26 bits per heavy atom. The molecule has 6 nitrogen and oxygen atoms in total. The molecular weight excluding hydrogens is 414 g/mol. The van der Waals surface area contributed by atoms with Gasteiger partial charge in [0.2, 0.25) is 0 Å². The maximum Gasteiger partial charge on any atom is 0.409 e. The van der Waals surface area contributed by atoms with E-state index >= 15 is 0 Å². The Morgan fingerprint density at radius 2 is 1.97 bits per heavy atom. The Kier molecular flexibility index (Phi) is 6.21. The molecule has 1 spiro atoms. The minimum absolute atomic E-state index is 0.0422. The number of carbonyl (C=O) groups is 1. The van der Waals surface area contributed by atoms with Gasteiger partial charge >= 0.3 is 6.09 Å². The molecule has 2 aromatic rings. The molecule has 1 fully saturated rings. The van der Waals surface area contributed by atoms with Crippen molar-refractivity contribution in [2.24, 2.45) is 4.99 Å². The Labute approximate surface area is 187 Å². The lowest BCUT2D eigenvalue weighted by Gasteiger charge is -2.45. The van der Waals surface area contributed by atoms with Crippen LogP contribution in [0, 0.1) is 6.92 Å². The van der Waals surface area contributed by atoms with Gasteiger partial charge in [0, 0.05) is 54.7 Å². The van der Waals surface area contributed by atoms with Crippen molar-refractivity contribution >= 4 is 23.4 Å². The normalized spacial score (nSPS) is 20.4. The number of hydrogen-bond acceptors (Lipinski definition) is 5. The van der Waals surface area contributed by atoms with E-state index in [0.717, 1.165) is 5.71 Å². The number of phenols is 1. The summed E-state index contributed by atoms with van der Waals surface area (Å²) in [6.45, 7) is 5.37. The summed E-state index contributed by atoms with van der Waals surface area (Å²) < 4.78 is 5.16. The molecule has 1 saturated heterocycles. The van der Waals surface area contributed by atoms with Crippen LogP contribution in [0.3, 0.4) is 0 Å². The van der Waals surface area contributed by atoms with Gasteiger partial charge in [-0.15, -0.1) is 0 Å². The van der Waals surface area contributed by atoms with Crippen LogP contribution in [0.4, 0.5) is 4.79 Å². The number of aryl methyl sites for hydroxylation is 1. The van der Waals surface area contributed by atoms with Crippen molar-refractivity contribution in [2.45, 2.75) is 44.8 Å². The summed E-state index contributed by atoms with van der Waals surface area (Å²) in [7, 11) is 0. The van der Waals surface area contributed by atoms with E-state index in [1.165, 1.54) is 11.1 Å². The van der Waals surface area contributed by atoms with E-state index in [9.17, 15) is 9.90 Å². The lowest BCUT2D eigenvalue weighted by Crippen LogP contribution is -2.56. The molecule has 0 aliphatic carbocycles. The second-order valence-electron chi connectivity index (χ2n) is 8.25. The fourth-order valence-corrected chi connectivity index (χ4v) is 4.52. The van der Waals surface area contributed by atoms with Crippen LogP contribution in [0.15, 0.2) is 47.5 Å². The Morgan fingerprint density at radius 3 is 2.65 bits per heavy atom. The molecule has 4 rings (SSSR count). The minimum Gasteiger partial charge on any atom is -0.507 e. The van der Waals surface area contributed by atoms with Crippen LogP contribution in [0.5, 0.6) is 5.75 Å². The highest BCUT2D eigenvalue weighted by Gasteiger charge is 2.41. The van der Waals surface area contributed by atoms with Gasteiger partial charge < -0.3 is 14.7 Å². The molecule has 1 unspecified atom stereocenters. The zero-order chi connectivity index (χ0) is 22.0. The van der Waals surface area contributed by atoms with Gasteiger partial charge in [0.25, 0.3) is 0 Å². The first-order valence-electron chi connectivity index (χ1n) is 10.7. The molecule has 1 atom stereocenters. The van der Waals surface area contributed by atoms with Crippen molar-refractivity contribution in [1.82, 2.24) is 10.2 Å². The molecule has 2 aliphatic rings. The van der Waals surface area contributed by atoms with Crippen molar-refractivity contribution in [3.63, 3.8) is 0 Å². The molecule has 7 heteroatoms. The molecule has 0 aromatic heterocycles. The number of likely N-dealkylation sites (tertiary alicyclic amines) is 1. The van der Waals surface area contributed by atoms with Crippen LogP contribution in [0.25, 0.3) is 0 Å². The number of amides is 1. The average Bonchev–Trinajstić information content (AvgIpc) is 2.76. The van der Waals surface area contributed by atoms with Crippen LogP contribution < -0.4 is 5.32 Å². The first-order chi connectivity index (χ1) is 14.9. The fourth-order valence-electron chi connectivity index (χ4n) is 4.34. The minimum atomic E-state index is -0.513. The molecule has 0 bridgehead atoms. The molecule has 2 aromatic carbocycles. The van der Waals surface area contributed by atoms with Crippen molar-refractivity contribution in [1.29, 1.82) is 0 Å². The standard InChI is InChI=1S/C24H28ClN3O3/c1-3-31-23(30)28-12-10-24(11-13-28)26-20(17-6-4-16(2)5-7-17)15-21(27-24)19-14-18(25)8-9-22(19)29/h4-9,14,20,26,29H,3,10-13,15H2,1-2H3. The van der Waals surface area contributed by atoms with Gasteiger partial charge in [0.1, 0.15) is 11.4 Å².